The topological polar surface area (TPSA) is 75.6 Å². The second-order valence-corrected chi connectivity index (χ2v) is 6.61. The number of thiophene rings is 1. The number of ether oxygens (including phenoxy) is 1. The number of sulfonamides is 1. The SMILES string of the molecule is CCCC(COC)NS(=O)(=O)c1ccsc1CO. The Hall–Kier alpha value is -0.470. The van der Waals surface area contributed by atoms with Gasteiger partial charge in [-0.15, -0.1) is 11.3 Å². The lowest BCUT2D eigenvalue weighted by molar-refractivity contribution is 0.171. The molecule has 1 heterocycles. The molecule has 0 aromatic carbocycles. The maximum atomic E-state index is 12.2. The molecule has 0 bridgehead atoms. The smallest absolute Gasteiger partial charge is 0.242 e. The largest absolute Gasteiger partial charge is 0.391 e. The Labute approximate surface area is 112 Å². The van der Waals surface area contributed by atoms with E-state index in [9.17, 15) is 8.42 Å². The number of aliphatic hydroxyl groups is 1. The van der Waals surface area contributed by atoms with E-state index < -0.39 is 10.0 Å². The molecule has 0 saturated heterocycles. The van der Waals surface area contributed by atoms with Crippen LogP contribution >= 0.6 is 11.3 Å². The molecule has 0 amide bonds. The zero-order valence-electron chi connectivity index (χ0n) is 10.5. The molecule has 1 unspecified atom stereocenters. The minimum absolute atomic E-state index is 0.159. The molecule has 1 rings (SSSR count). The van der Waals surface area contributed by atoms with Crippen LogP contribution in [0.3, 0.4) is 0 Å². The molecule has 0 aliphatic carbocycles. The molecule has 2 N–H and O–H groups in total. The van der Waals surface area contributed by atoms with Crippen molar-refractivity contribution in [3.8, 4) is 0 Å². The Bertz CT molecular complexity index is 449. The van der Waals surface area contributed by atoms with Crippen LogP contribution in [-0.2, 0) is 21.4 Å². The van der Waals surface area contributed by atoms with E-state index in [1.807, 2.05) is 6.92 Å². The maximum absolute atomic E-state index is 12.2. The Kier molecular flexibility index (Phi) is 6.24. The van der Waals surface area contributed by atoms with Gasteiger partial charge in [-0.25, -0.2) is 13.1 Å². The molecule has 0 saturated carbocycles. The van der Waals surface area contributed by atoms with Crippen LogP contribution in [0.1, 0.15) is 24.6 Å². The van der Waals surface area contributed by atoms with Crippen LogP contribution in [0.4, 0.5) is 0 Å². The molecule has 5 nitrogen and oxygen atoms in total. The number of methoxy groups -OCH3 is 1. The zero-order chi connectivity index (χ0) is 13.6. The van der Waals surface area contributed by atoms with Crippen LogP contribution in [0.2, 0.25) is 0 Å². The van der Waals surface area contributed by atoms with Crippen LogP contribution in [0.25, 0.3) is 0 Å². The maximum Gasteiger partial charge on any atom is 0.242 e. The predicted octanol–water partition coefficient (Wildman–Crippen LogP) is 1.33. The molecule has 0 aliphatic heterocycles. The summed E-state index contributed by atoms with van der Waals surface area (Å²) in [6, 6.07) is 1.27. The zero-order valence-corrected chi connectivity index (χ0v) is 12.2. The second kappa shape index (κ2) is 7.20. The van der Waals surface area contributed by atoms with Crippen molar-refractivity contribution >= 4 is 21.4 Å². The lowest BCUT2D eigenvalue weighted by Gasteiger charge is -2.17. The molecule has 1 aromatic rings. The summed E-state index contributed by atoms with van der Waals surface area (Å²) in [6.07, 6.45) is 1.58. The highest BCUT2D eigenvalue weighted by Crippen LogP contribution is 2.22. The standard InChI is InChI=1S/C11H19NO4S2/c1-3-4-9(8-16-2)12-18(14,15)11-5-6-17-10(11)7-13/h5-6,9,12-13H,3-4,7-8H2,1-2H3. The molecule has 18 heavy (non-hydrogen) atoms. The van der Waals surface area contributed by atoms with E-state index in [-0.39, 0.29) is 17.5 Å². The first-order chi connectivity index (χ1) is 8.55. The summed E-state index contributed by atoms with van der Waals surface area (Å²) >= 11 is 1.23. The summed E-state index contributed by atoms with van der Waals surface area (Å²) in [5.74, 6) is 0. The highest BCUT2D eigenvalue weighted by Gasteiger charge is 2.23. The van der Waals surface area contributed by atoms with Gasteiger partial charge in [-0.05, 0) is 17.9 Å². The van der Waals surface area contributed by atoms with Gasteiger partial charge in [0.05, 0.1) is 18.1 Å². The van der Waals surface area contributed by atoms with Gasteiger partial charge in [0.1, 0.15) is 0 Å². The number of rotatable bonds is 8. The van der Waals surface area contributed by atoms with E-state index >= 15 is 0 Å². The van der Waals surface area contributed by atoms with Crippen molar-refractivity contribution < 1.29 is 18.3 Å². The monoisotopic (exact) mass is 293 g/mol. The van der Waals surface area contributed by atoms with Crippen LogP contribution in [-0.4, -0.2) is 33.3 Å². The lowest BCUT2D eigenvalue weighted by atomic mass is 10.2. The van der Waals surface area contributed by atoms with Crippen molar-refractivity contribution in [1.29, 1.82) is 0 Å². The molecular formula is C11H19NO4S2. The lowest BCUT2D eigenvalue weighted by Crippen LogP contribution is -2.38. The molecular weight excluding hydrogens is 274 g/mol. The number of aliphatic hydroxyl groups excluding tert-OH is 1. The number of nitrogens with one attached hydrogen (secondary N) is 1. The van der Waals surface area contributed by atoms with Crippen LogP contribution < -0.4 is 4.72 Å². The fraction of sp³-hybridized carbons (Fsp3) is 0.636. The van der Waals surface area contributed by atoms with E-state index in [1.165, 1.54) is 17.4 Å². The third-order valence-electron chi connectivity index (χ3n) is 2.46. The van der Waals surface area contributed by atoms with E-state index in [0.717, 1.165) is 6.42 Å². The van der Waals surface area contributed by atoms with Crippen molar-refractivity contribution in [2.24, 2.45) is 0 Å². The van der Waals surface area contributed by atoms with Gasteiger partial charge in [-0.3, -0.25) is 0 Å². The first kappa shape index (κ1) is 15.6. The first-order valence-corrected chi connectivity index (χ1v) is 8.10. The molecule has 0 fully saturated rings. The summed E-state index contributed by atoms with van der Waals surface area (Å²) in [6.45, 7) is 2.06. The molecule has 7 heteroatoms. The van der Waals surface area contributed by atoms with Gasteiger partial charge in [0, 0.05) is 18.0 Å². The van der Waals surface area contributed by atoms with Gasteiger partial charge in [0.25, 0.3) is 0 Å². The van der Waals surface area contributed by atoms with Crippen LogP contribution in [0.15, 0.2) is 16.3 Å². The second-order valence-electron chi connectivity index (χ2n) is 3.93. The molecule has 104 valence electrons. The van der Waals surface area contributed by atoms with E-state index in [4.69, 9.17) is 9.84 Å². The van der Waals surface area contributed by atoms with Crippen molar-refractivity contribution in [2.75, 3.05) is 13.7 Å². The van der Waals surface area contributed by atoms with Crippen LogP contribution in [0, 0.1) is 0 Å². The van der Waals surface area contributed by atoms with Gasteiger partial charge >= 0.3 is 0 Å². The number of hydrogen-bond donors (Lipinski definition) is 2. The predicted molar refractivity (Wildman–Crippen MR) is 71.1 cm³/mol. The van der Waals surface area contributed by atoms with Gasteiger partial charge in [0.2, 0.25) is 10.0 Å². The van der Waals surface area contributed by atoms with E-state index in [1.54, 1.807) is 12.5 Å². The first-order valence-electron chi connectivity index (χ1n) is 5.73. The number of hydrogen-bond acceptors (Lipinski definition) is 5. The highest BCUT2D eigenvalue weighted by molar-refractivity contribution is 7.89. The van der Waals surface area contributed by atoms with Gasteiger partial charge in [0.15, 0.2) is 0 Å². The Balaban J connectivity index is 2.86. The van der Waals surface area contributed by atoms with Crippen molar-refractivity contribution in [1.82, 2.24) is 4.72 Å². The van der Waals surface area contributed by atoms with Gasteiger partial charge in [-0.2, -0.15) is 0 Å². The highest BCUT2D eigenvalue weighted by atomic mass is 32.2. The fourth-order valence-electron chi connectivity index (χ4n) is 1.69. The summed E-state index contributed by atoms with van der Waals surface area (Å²) in [5.41, 5.74) is 0. The molecule has 0 spiro atoms. The Morgan fingerprint density at radius 3 is 2.83 bits per heavy atom. The molecule has 1 aromatic heterocycles. The van der Waals surface area contributed by atoms with E-state index in [2.05, 4.69) is 4.72 Å². The molecule has 0 aliphatic rings. The average Bonchev–Trinajstić information content (AvgIpc) is 2.78. The molecule has 1 atom stereocenters. The fourth-order valence-corrected chi connectivity index (χ4v) is 4.24. The Morgan fingerprint density at radius 1 is 1.56 bits per heavy atom. The molecule has 0 radical (unpaired) electrons. The summed E-state index contributed by atoms with van der Waals surface area (Å²) in [4.78, 5) is 0.613. The minimum atomic E-state index is -3.58. The minimum Gasteiger partial charge on any atom is -0.391 e. The van der Waals surface area contributed by atoms with Crippen molar-refractivity contribution in [3.63, 3.8) is 0 Å². The normalized spacial score (nSPS) is 13.7. The van der Waals surface area contributed by atoms with Gasteiger partial charge in [-0.1, -0.05) is 13.3 Å². The van der Waals surface area contributed by atoms with Crippen molar-refractivity contribution in [3.05, 3.63) is 16.3 Å². The summed E-state index contributed by atoms with van der Waals surface area (Å²) in [5, 5.41) is 10.8. The van der Waals surface area contributed by atoms with Crippen LogP contribution in [0.5, 0.6) is 0 Å². The summed E-state index contributed by atoms with van der Waals surface area (Å²) in [7, 11) is -2.04. The van der Waals surface area contributed by atoms with Crippen molar-refractivity contribution in [2.45, 2.75) is 37.3 Å². The average molecular weight is 293 g/mol. The quantitative estimate of drug-likeness (QED) is 0.758. The third-order valence-corrected chi connectivity index (χ3v) is 5.10. The Morgan fingerprint density at radius 2 is 2.28 bits per heavy atom. The van der Waals surface area contributed by atoms with E-state index in [0.29, 0.717) is 17.9 Å². The van der Waals surface area contributed by atoms with Gasteiger partial charge < -0.3 is 9.84 Å². The third kappa shape index (κ3) is 4.03. The summed E-state index contributed by atoms with van der Waals surface area (Å²) < 4.78 is 31.9.